The second-order valence-corrected chi connectivity index (χ2v) is 23.3. The van der Waals surface area contributed by atoms with E-state index in [9.17, 15) is 14.4 Å². The molecule has 8 atom stereocenters. The third-order valence-electron chi connectivity index (χ3n) is 18.8. The molecule has 12 rings (SSSR count). The number of nitrogens with two attached hydrogens (primary N) is 2. The van der Waals surface area contributed by atoms with Crippen LogP contribution in [0.25, 0.3) is 28.6 Å². The standard InChI is InChI=1S/C59H71N13O6/c1-34(42-17-11-26-69(42)3)77-48-30-46(71-28-10-13-37-32-63-68-56(37)71)64-54(66-48)51(61)40-15-8-23-59(53(40)76)24-20-36(29-45(59)74)41-33-72(57-38(41)16-9-25-62-57)47-31-49(78-35(2)43-18-12-27-70(43)4)67-55(65-47)50(60)39-14-7-22-58(52(39)75)21-6-5-19-44(58)73/h9-10,13,16,25,28,30-32,34-36,41-43H,5-8,11-12,14-15,17-24,26-27,29,33,60-61H2,1-4H3/t34-,35-,36?,41?,42-,43-,58+,59-/m0/s1. The highest BCUT2D eigenvalue weighted by atomic mass is 16.5. The summed E-state index contributed by atoms with van der Waals surface area (Å²) in [6.07, 6.45) is 15.8. The molecule has 408 valence electrons. The van der Waals surface area contributed by atoms with E-state index in [2.05, 4.69) is 47.1 Å². The molecule has 4 aliphatic carbocycles. The summed E-state index contributed by atoms with van der Waals surface area (Å²) in [5, 5.41) is 8.50. The number of carbonyl (C=O) groups is 4. The van der Waals surface area contributed by atoms with E-state index in [-0.39, 0.29) is 88.7 Å². The van der Waals surface area contributed by atoms with Crippen molar-refractivity contribution in [2.24, 2.45) is 28.2 Å². The van der Waals surface area contributed by atoms with Crippen LogP contribution < -0.4 is 25.8 Å². The lowest BCUT2D eigenvalue weighted by atomic mass is 9.59. The van der Waals surface area contributed by atoms with E-state index in [0.29, 0.717) is 117 Å². The zero-order valence-corrected chi connectivity index (χ0v) is 45.3. The van der Waals surface area contributed by atoms with E-state index < -0.39 is 10.8 Å². The van der Waals surface area contributed by atoms with Gasteiger partial charge in [-0.05, 0) is 155 Å². The number of pyridine rings is 2. The van der Waals surface area contributed by atoms with Gasteiger partial charge in [0.1, 0.15) is 41.2 Å². The molecule has 6 fully saturated rings. The maximum Gasteiger partial charge on any atom is 0.219 e. The second-order valence-electron chi connectivity index (χ2n) is 23.3. The molecular weight excluding hydrogens is 987 g/mol. The molecule has 19 nitrogen and oxygen atoms in total. The monoisotopic (exact) mass is 1060 g/mol. The molecule has 9 aliphatic rings. The molecular formula is C59H71N13O6. The third kappa shape index (κ3) is 9.03. The fourth-order valence-electron chi connectivity index (χ4n) is 14.5. The van der Waals surface area contributed by atoms with Crippen molar-refractivity contribution in [3.8, 4) is 29.0 Å². The number of aromatic nitrogens is 8. The number of fused-ring (bicyclic) bond motifs is 2. The molecule has 0 bridgehead atoms. The molecule has 0 aromatic carbocycles. The van der Waals surface area contributed by atoms with Crippen LogP contribution in [-0.4, -0.2) is 131 Å². The van der Waals surface area contributed by atoms with Gasteiger partial charge in [0.25, 0.3) is 0 Å². The average molecular weight is 1060 g/mol. The van der Waals surface area contributed by atoms with Crippen LogP contribution in [-0.2, 0) is 19.2 Å². The molecule has 78 heavy (non-hydrogen) atoms. The minimum Gasteiger partial charge on any atom is -0.473 e. The largest absolute Gasteiger partial charge is 0.473 e. The average Bonchev–Trinajstić information content (AvgIpc) is 4.34. The summed E-state index contributed by atoms with van der Waals surface area (Å²) >= 11 is 0. The van der Waals surface area contributed by atoms with Gasteiger partial charge in [0.05, 0.1) is 28.4 Å². The summed E-state index contributed by atoms with van der Waals surface area (Å²) in [5.74, 6) is 2.48. The van der Waals surface area contributed by atoms with Crippen LogP contribution in [0.15, 0.2) is 66.1 Å². The van der Waals surface area contributed by atoms with Crippen molar-refractivity contribution in [1.29, 1.82) is 0 Å². The number of ether oxygens (including phenoxy) is 2. The highest BCUT2D eigenvalue weighted by molar-refractivity contribution is 6.18. The van der Waals surface area contributed by atoms with Crippen LogP contribution in [0.1, 0.15) is 146 Å². The van der Waals surface area contributed by atoms with Crippen LogP contribution in [0.2, 0.25) is 0 Å². The molecule has 4 saturated carbocycles. The van der Waals surface area contributed by atoms with Gasteiger partial charge in [-0.25, -0.2) is 15.0 Å². The summed E-state index contributed by atoms with van der Waals surface area (Å²) in [4.78, 5) is 89.4. The van der Waals surface area contributed by atoms with Crippen LogP contribution in [0, 0.1) is 16.7 Å². The Morgan fingerprint density at radius 1 is 0.692 bits per heavy atom. The Hall–Kier alpha value is -6.99. The fourth-order valence-corrected chi connectivity index (χ4v) is 14.5. The number of allylic oxidation sites excluding steroid dienone is 2. The first kappa shape index (κ1) is 51.7. The van der Waals surface area contributed by atoms with Gasteiger partial charge in [0.2, 0.25) is 11.8 Å². The van der Waals surface area contributed by atoms with E-state index in [1.807, 2.05) is 46.9 Å². The molecule has 0 radical (unpaired) electrons. The smallest absolute Gasteiger partial charge is 0.219 e. The zero-order valence-electron chi connectivity index (χ0n) is 45.3. The van der Waals surface area contributed by atoms with Gasteiger partial charge in [0, 0.05) is 84.2 Å². The zero-order chi connectivity index (χ0) is 54.0. The van der Waals surface area contributed by atoms with E-state index in [0.717, 1.165) is 62.7 Å². The quantitative estimate of drug-likeness (QED) is 0.0971. The number of likely N-dealkylation sites (tertiary alicyclic amines) is 2. The van der Waals surface area contributed by atoms with Gasteiger partial charge in [-0.3, -0.25) is 33.5 Å². The molecule has 8 heterocycles. The Balaban J connectivity index is 0.834. The minimum atomic E-state index is -1.23. The van der Waals surface area contributed by atoms with Crippen molar-refractivity contribution >= 4 is 46.2 Å². The Morgan fingerprint density at radius 3 is 1.92 bits per heavy atom. The van der Waals surface area contributed by atoms with Crippen LogP contribution in [0.5, 0.6) is 11.8 Å². The van der Waals surface area contributed by atoms with Crippen LogP contribution in [0.3, 0.4) is 0 Å². The molecule has 3 aromatic rings. The predicted octanol–water partition coefficient (Wildman–Crippen LogP) is 7.34. The number of hydrogen-bond acceptors (Lipinski definition) is 18. The number of hydrogen-bond donors (Lipinski definition) is 2. The van der Waals surface area contributed by atoms with Gasteiger partial charge in [0.15, 0.2) is 29.0 Å². The van der Waals surface area contributed by atoms with E-state index in [1.165, 1.54) is 0 Å². The van der Waals surface area contributed by atoms with Gasteiger partial charge < -0.3 is 25.8 Å². The first-order valence-electron chi connectivity index (χ1n) is 28.4. The van der Waals surface area contributed by atoms with Crippen molar-refractivity contribution in [2.75, 3.05) is 38.6 Å². The highest BCUT2D eigenvalue weighted by Crippen LogP contribution is 2.53. The minimum absolute atomic E-state index is 0.00968. The number of likely N-dealkylation sites (N-methyl/N-ethyl adjacent to an activating group) is 2. The maximum atomic E-state index is 15.1. The molecule has 3 aromatic heterocycles. The maximum absolute atomic E-state index is 15.1. The molecule has 19 heteroatoms. The second kappa shape index (κ2) is 20.7. The molecule has 2 saturated heterocycles. The number of ketones is 4. The van der Waals surface area contributed by atoms with Crippen LogP contribution >= 0.6 is 0 Å². The number of carbonyl (C=O) groups excluding carboxylic acids is 4. The lowest BCUT2D eigenvalue weighted by Gasteiger charge is -2.42. The van der Waals surface area contributed by atoms with Crippen molar-refractivity contribution in [1.82, 2.24) is 49.5 Å². The summed E-state index contributed by atoms with van der Waals surface area (Å²) in [6, 6.07) is 11.8. The third-order valence-corrected chi connectivity index (χ3v) is 18.8. The lowest BCUT2D eigenvalue weighted by Crippen LogP contribution is -2.47. The molecule has 2 spiro atoms. The first-order chi connectivity index (χ1) is 37.7. The summed E-state index contributed by atoms with van der Waals surface area (Å²) < 4.78 is 15.1. The van der Waals surface area contributed by atoms with Crippen molar-refractivity contribution in [3.05, 3.63) is 83.3 Å². The summed E-state index contributed by atoms with van der Waals surface area (Å²) in [5.41, 5.74) is 14.7. The highest BCUT2D eigenvalue weighted by Gasteiger charge is 2.54. The topological polar surface area (TPSA) is 244 Å². The van der Waals surface area contributed by atoms with Gasteiger partial charge in [-0.2, -0.15) is 15.1 Å². The number of nitrogens with zero attached hydrogens (tertiary/aromatic N) is 11. The number of anilines is 2. The number of Topliss-reactive ketones (excluding diaryl/α,β-unsaturated/α-hetero) is 4. The van der Waals surface area contributed by atoms with Gasteiger partial charge >= 0.3 is 0 Å². The summed E-state index contributed by atoms with van der Waals surface area (Å²) in [7, 11) is 4.21. The van der Waals surface area contributed by atoms with E-state index in [1.54, 1.807) is 18.5 Å². The first-order valence-corrected chi connectivity index (χ1v) is 28.4. The fraction of sp³-hybridized carbons (Fsp3) is 0.542. The Morgan fingerprint density at radius 2 is 1.31 bits per heavy atom. The lowest BCUT2D eigenvalue weighted by molar-refractivity contribution is -0.145. The molecule has 5 aliphatic heterocycles. The van der Waals surface area contributed by atoms with Crippen molar-refractivity contribution < 1.29 is 28.7 Å². The Bertz CT molecular complexity index is 3220. The SMILES string of the molecule is C[C@H](Oc1cc(N2CC(C3CC[C@@]4(CCCC(=C(N)c5nc(O[C@@H](C)[C@@H]6CCCN6C)cc(-n6cccc7cnnc6-7)n5)C4=O)C(=O)C3)c3cccnc32)nc(C(N)=C2CCC[C@@]3(CCCCC3=O)C2=O)n1)[C@@H]1CCCN1C. The van der Waals surface area contributed by atoms with Gasteiger partial charge in [-0.1, -0.05) is 12.5 Å². The Kier molecular flexibility index (Phi) is 13.7. The van der Waals surface area contributed by atoms with E-state index in [4.69, 9.17) is 45.9 Å². The van der Waals surface area contributed by atoms with Crippen molar-refractivity contribution in [2.45, 2.75) is 153 Å². The molecule has 0 amide bonds. The van der Waals surface area contributed by atoms with Crippen molar-refractivity contribution in [3.63, 3.8) is 0 Å². The number of rotatable bonds is 11. The summed E-state index contributed by atoms with van der Waals surface area (Å²) in [6.45, 7) is 6.51. The van der Waals surface area contributed by atoms with E-state index >= 15 is 4.79 Å². The van der Waals surface area contributed by atoms with Crippen LogP contribution in [0.4, 0.5) is 11.6 Å². The molecule has 4 N–H and O–H groups in total. The molecule has 2 unspecified atom stereocenters. The van der Waals surface area contributed by atoms with Gasteiger partial charge in [-0.15, -0.1) is 5.10 Å². The normalized spacial score (nSPS) is 29.2. The Labute approximate surface area is 455 Å². The predicted molar refractivity (Wildman–Crippen MR) is 292 cm³/mol.